The lowest BCUT2D eigenvalue weighted by Crippen LogP contribution is -2.38. The molecule has 0 fully saturated rings. The molecule has 0 bridgehead atoms. The fourth-order valence-corrected chi connectivity index (χ4v) is 5.18. The van der Waals surface area contributed by atoms with Gasteiger partial charge in [-0.2, -0.15) is 13.2 Å². The van der Waals surface area contributed by atoms with Crippen LogP contribution in [0.3, 0.4) is 0 Å². The van der Waals surface area contributed by atoms with Crippen molar-refractivity contribution in [1.29, 1.82) is 0 Å². The van der Waals surface area contributed by atoms with Gasteiger partial charge in [0, 0.05) is 5.69 Å². The number of rotatable bonds is 8. The van der Waals surface area contributed by atoms with Crippen molar-refractivity contribution in [1.82, 2.24) is 0 Å². The van der Waals surface area contributed by atoms with Crippen LogP contribution in [-0.4, -0.2) is 33.4 Å². The quantitative estimate of drug-likeness (QED) is 0.332. The van der Waals surface area contributed by atoms with E-state index in [2.05, 4.69) is 5.32 Å². The molecular weight excluding hydrogens is 556 g/mol. The number of carbonyl (C=O) groups is 2. The summed E-state index contributed by atoms with van der Waals surface area (Å²) in [5.41, 5.74) is -1.53. The third kappa shape index (κ3) is 6.73. The lowest BCUT2D eigenvalue weighted by Gasteiger charge is -2.26. The van der Waals surface area contributed by atoms with Gasteiger partial charge < -0.3 is 10.1 Å². The summed E-state index contributed by atoms with van der Waals surface area (Å²) >= 11 is 12.2. The lowest BCUT2D eigenvalue weighted by atomic mass is 10.2. The number of carbonyl (C=O) groups excluding carboxylic acids is 2. The minimum absolute atomic E-state index is 0.0362. The Morgan fingerprint density at radius 2 is 1.65 bits per heavy atom. The van der Waals surface area contributed by atoms with Crippen LogP contribution < -0.4 is 9.62 Å². The van der Waals surface area contributed by atoms with Crippen LogP contribution in [0.4, 0.5) is 24.5 Å². The second-order valence-corrected chi connectivity index (χ2v) is 10.1. The Balaban J connectivity index is 1.98. The number of nitrogens with one attached hydrogen (secondary N) is 1. The zero-order chi connectivity index (χ0) is 27.4. The fraction of sp³-hybridized carbons (Fsp3) is 0.167. The third-order valence-corrected chi connectivity index (χ3v) is 7.32. The van der Waals surface area contributed by atoms with E-state index >= 15 is 0 Å². The molecule has 1 N–H and O–H groups in total. The molecule has 7 nitrogen and oxygen atoms in total. The predicted octanol–water partition coefficient (Wildman–Crippen LogP) is 6.02. The van der Waals surface area contributed by atoms with Crippen molar-refractivity contribution in [2.75, 3.05) is 22.8 Å². The molecule has 3 rings (SSSR count). The summed E-state index contributed by atoms with van der Waals surface area (Å²) in [5.74, 6) is -1.59. The number of hydrogen-bond acceptors (Lipinski definition) is 5. The van der Waals surface area contributed by atoms with Crippen molar-refractivity contribution >= 4 is 56.5 Å². The first kappa shape index (κ1) is 28.3. The van der Waals surface area contributed by atoms with Gasteiger partial charge in [0.15, 0.2) is 0 Å². The van der Waals surface area contributed by atoms with E-state index in [-0.39, 0.29) is 32.8 Å². The van der Waals surface area contributed by atoms with E-state index in [9.17, 15) is 31.2 Å². The molecule has 1 amide bonds. The first-order chi connectivity index (χ1) is 17.3. The number of ether oxygens (including phenoxy) is 1. The molecule has 3 aromatic carbocycles. The molecule has 0 unspecified atom stereocenters. The van der Waals surface area contributed by atoms with Crippen LogP contribution in [0.15, 0.2) is 71.6 Å². The molecule has 37 heavy (non-hydrogen) atoms. The van der Waals surface area contributed by atoms with E-state index in [0.29, 0.717) is 16.4 Å². The van der Waals surface area contributed by atoms with Gasteiger partial charge in [-0.1, -0.05) is 41.4 Å². The summed E-state index contributed by atoms with van der Waals surface area (Å²) in [5, 5.41) is 2.07. The Morgan fingerprint density at radius 1 is 0.973 bits per heavy atom. The second-order valence-electron chi connectivity index (χ2n) is 7.45. The van der Waals surface area contributed by atoms with Crippen LogP contribution in [0.5, 0.6) is 0 Å². The largest absolute Gasteiger partial charge is 0.462 e. The molecule has 0 saturated heterocycles. The number of sulfonamides is 1. The normalized spacial score (nSPS) is 11.6. The number of amides is 1. The standard InChI is InChI=1S/C24H19Cl2F3N2O5S/c1-2-36-23(33)18-10-9-16(13-20(18)26)30-22(32)14-31(37(34,35)17-6-4-3-5-7-17)21-12-15(24(27,28)29)8-11-19(21)25/h3-13H,2,14H2,1H3,(H,30,32). The van der Waals surface area contributed by atoms with Crippen LogP contribution in [0, 0.1) is 0 Å². The zero-order valence-electron chi connectivity index (χ0n) is 19.1. The fourth-order valence-electron chi connectivity index (χ4n) is 3.20. The van der Waals surface area contributed by atoms with E-state index in [1.165, 1.54) is 42.5 Å². The summed E-state index contributed by atoms with van der Waals surface area (Å²) in [6, 6.07) is 12.9. The SMILES string of the molecule is CCOC(=O)c1ccc(NC(=O)CN(c2cc(C(F)(F)F)ccc2Cl)S(=O)(=O)c2ccccc2)cc1Cl. The number of halogens is 5. The molecule has 0 radical (unpaired) electrons. The van der Waals surface area contributed by atoms with Crippen molar-refractivity contribution in [3.8, 4) is 0 Å². The van der Waals surface area contributed by atoms with Gasteiger partial charge in [0.2, 0.25) is 5.91 Å². The van der Waals surface area contributed by atoms with Crippen LogP contribution in [0.2, 0.25) is 10.0 Å². The van der Waals surface area contributed by atoms with E-state index in [1.807, 2.05) is 0 Å². The van der Waals surface area contributed by atoms with Crippen molar-refractivity contribution in [2.24, 2.45) is 0 Å². The van der Waals surface area contributed by atoms with Crippen LogP contribution in [0.25, 0.3) is 0 Å². The number of anilines is 2. The van der Waals surface area contributed by atoms with E-state index < -0.39 is 45.9 Å². The monoisotopic (exact) mass is 574 g/mol. The Hall–Kier alpha value is -3.28. The molecule has 0 aliphatic carbocycles. The molecule has 0 aliphatic rings. The lowest BCUT2D eigenvalue weighted by molar-refractivity contribution is -0.137. The molecule has 0 spiro atoms. The maximum Gasteiger partial charge on any atom is 0.416 e. The number of hydrogen-bond donors (Lipinski definition) is 1. The summed E-state index contributed by atoms with van der Waals surface area (Å²) < 4.78 is 72.3. The third-order valence-electron chi connectivity index (χ3n) is 4.91. The highest BCUT2D eigenvalue weighted by Gasteiger charge is 2.34. The predicted molar refractivity (Wildman–Crippen MR) is 133 cm³/mol. The van der Waals surface area contributed by atoms with Gasteiger partial charge in [-0.3, -0.25) is 9.10 Å². The van der Waals surface area contributed by atoms with Gasteiger partial charge in [0.25, 0.3) is 10.0 Å². The van der Waals surface area contributed by atoms with E-state index in [4.69, 9.17) is 27.9 Å². The summed E-state index contributed by atoms with van der Waals surface area (Å²) in [4.78, 5) is 24.5. The maximum atomic E-state index is 13.4. The first-order valence-corrected chi connectivity index (χ1v) is 12.7. The molecule has 0 saturated carbocycles. The highest BCUT2D eigenvalue weighted by molar-refractivity contribution is 7.92. The van der Waals surface area contributed by atoms with Crippen LogP contribution >= 0.6 is 23.2 Å². The minimum atomic E-state index is -4.79. The van der Waals surface area contributed by atoms with Gasteiger partial charge in [-0.25, -0.2) is 13.2 Å². The van der Waals surface area contributed by atoms with Gasteiger partial charge in [-0.05, 0) is 55.5 Å². The van der Waals surface area contributed by atoms with Gasteiger partial charge in [0.05, 0.1) is 38.4 Å². The molecule has 3 aromatic rings. The van der Waals surface area contributed by atoms with Crippen molar-refractivity contribution < 1.29 is 35.9 Å². The average molecular weight is 575 g/mol. The molecular formula is C24H19Cl2F3N2O5S. The first-order valence-electron chi connectivity index (χ1n) is 10.6. The average Bonchev–Trinajstić information content (AvgIpc) is 2.83. The van der Waals surface area contributed by atoms with Gasteiger partial charge in [0.1, 0.15) is 6.54 Å². The molecule has 196 valence electrons. The van der Waals surface area contributed by atoms with Crippen molar-refractivity contribution in [2.45, 2.75) is 18.0 Å². The number of benzene rings is 3. The van der Waals surface area contributed by atoms with Crippen LogP contribution in [0.1, 0.15) is 22.8 Å². The Kier molecular flexibility index (Phi) is 8.72. The number of alkyl halides is 3. The van der Waals surface area contributed by atoms with Crippen molar-refractivity contribution in [3.05, 3.63) is 87.9 Å². The molecule has 13 heteroatoms. The smallest absolute Gasteiger partial charge is 0.416 e. The van der Waals surface area contributed by atoms with Gasteiger partial charge in [-0.15, -0.1) is 0 Å². The van der Waals surface area contributed by atoms with Crippen molar-refractivity contribution in [3.63, 3.8) is 0 Å². The Labute approximate surface area is 220 Å². The zero-order valence-corrected chi connectivity index (χ0v) is 21.4. The second kappa shape index (κ2) is 11.4. The topological polar surface area (TPSA) is 92.8 Å². The Bertz CT molecular complexity index is 1420. The molecule has 0 aliphatic heterocycles. The van der Waals surface area contributed by atoms with E-state index in [1.54, 1.807) is 13.0 Å². The van der Waals surface area contributed by atoms with E-state index in [0.717, 1.165) is 6.07 Å². The highest BCUT2D eigenvalue weighted by Crippen LogP contribution is 2.37. The highest BCUT2D eigenvalue weighted by atomic mass is 35.5. The van der Waals surface area contributed by atoms with Gasteiger partial charge >= 0.3 is 12.1 Å². The Morgan fingerprint density at radius 3 is 2.24 bits per heavy atom. The minimum Gasteiger partial charge on any atom is -0.462 e. The molecule has 0 atom stereocenters. The number of esters is 1. The maximum absolute atomic E-state index is 13.4. The summed E-state index contributed by atoms with van der Waals surface area (Å²) in [6.07, 6.45) is -4.79. The molecule has 0 heterocycles. The van der Waals surface area contributed by atoms with Crippen LogP contribution in [-0.2, 0) is 25.7 Å². The summed E-state index contributed by atoms with van der Waals surface area (Å²) in [6.45, 7) is 0.819. The number of nitrogens with zero attached hydrogens (tertiary/aromatic N) is 1. The molecule has 0 aromatic heterocycles. The summed E-state index contributed by atoms with van der Waals surface area (Å²) in [7, 11) is -4.53.